The second-order valence-corrected chi connectivity index (χ2v) is 4.74. The summed E-state index contributed by atoms with van der Waals surface area (Å²) in [6.45, 7) is 4.58. The van der Waals surface area contributed by atoms with Gasteiger partial charge >= 0.3 is 0 Å². The maximum absolute atomic E-state index is 5.97. The number of nitrogens with zero attached hydrogens (tertiary/aromatic N) is 1. The van der Waals surface area contributed by atoms with E-state index in [4.69, 9.17) is 16.3 Å². The van der Waals surface area contributed by atoms with Crippen LogP contribution in [-0.4, -0.2) is 11.6 Å². The molecule has 16 heavy (non-hydrogen) atoms. The summed E-state index contributed by atoms with van der Waals surface area (Å²) in [6, 6.07) is 7.78. The van der Waals surface area contributed by atoms with Crippen LogP contribution in [0, 0.1) is 6.92 Å². The third-order valence-corrected chi connectivity index (χ3v) is 3.49. The number of thiazole rings is 1. The molecule has 1 aromatic heterocycles. The summed E-state index contributed by atoms with van der Waals surface area (Å²) in [5.41, 5.74) is 2.07. The number of hydrogen-bond donors (Lipinski definition) is 0. The molecule has 0 unspecified atom stereocenters. The number of hydrogen-bond acceptors (Lipinski definition) is 3. The molecule has 0 aliphatic rings. The van der Waals surface area contributed by atoms with Crippen molar-refractivity contribution in [1.82, 2.24) is 4.98 Å². The molecular weight excluding hydrogens is 242 g/mol. The van der Waals surface area contributed by atoms with E-state index in [0.717, 1.165) is 26.4 Å². The van der Waals surface area contributed by atoms with Crippen LogP contribution in [0.5, 0.6) is 5.19 Å². The first-order valence-electron chi connectivity index (χ1n) is 5.07. The molecule has 2 rings (SSSR count). The molecule has 0 atom stereocenters. The van der Waals surface area contributed by atoms with Crippen LogP contribution >= 0.6 is 22.9 Å². The van der Waals surface area contributed by atoms with Gasteiger partial charge in [-0.1, -0.05) is 35.1 Å². The molecule has 0 amide bonds. The van der Waals surface area contributed by atoms with Gasteiger partial charge in [-0.3, -0.25) is 0 Å². The standard InChI is InChI=1S/C12H12ClNOS/c1-3-15-12-14-8(2)11(16-12)9-5-4-6-10(13)7-9/h4-7H,3H2,1-2H3. The highest BCUT2D eigenvalue weighted by Gasteiger charge is 2.10. The Labute approximate surface area is 104 Å². The largest absolute Gasteiger partial charge is 0.470 e. The first-order valence-corrected chi connectivity index (χ1v) is 6.26. The van der Waals surface area contributed by atoms with Crippen molar-refractivity contribution in [2.75, 3.05) is 6.61 Å². The lowest BCUT2D eigenvalue weighted by atomic mass is 10.2. The first kappa shape index (κ1) is 11.4. The molecule has 0 fully saturated rings. The fourth-order valence-electron chi connectivity index (χ4n) is 1.45. The van der Waals surface area contributed by atoms with Gasteiger partial charge in [-0.15, -0.1) is 0 Å². The highest BCUT2D eigenvalue weighted by atomic mass is 35.5. The molecule has 0 aliphatic carbocycles. The Morgan fingerprint density at radius 1 is 1.44 bits per heavy atom. The summed E-state index contributed by atoms with van der Waals surface area (Å²) in [4.78, 5) is 5.48. The van der Waals surface area contributed by atoms with Gasteiger partial charge in [0, 0.05) is 5.02 Å². The molecule has 84 valence electrons. The van der Waals surface area contributed by atoms with E-state index in [1.807, 2.05) is 38.1 Å². The topological polar surface area (TPSA) is 22.1 Å². The lowest BCUT2D eigenvalue weighted by Crippen LogP contribution is -1.89. The van der Waals surface area contributed by atoms with E-state index in [1.54, 1.807) is 11.3 Å². The highest BCUT2D eigenvalue weighted by Crippen LogP contribution is 2.34. The lowest BCUT2D eigenvalue weighted by molar-refractivity contribution is 0.338. The van der Waals surface area contributed by atoms with Gasteiger partial charge in [0.25, 0.3) is 5.19 Å². The molecule has 2 aromatic rings. The van der Waals surface area contributed by atoms with Gasteiger partial charge in [0.05, 0.1) is 17.2 Å². The van der Waals surface area contributed by atoms with Crippen molar-refractivity contribution >= 4 is 22.9 Å². The molecule has 0 saturated heterocycles. The maximum Gasteiger partial charge on any atom is 0.273 e. The number of rotatable bonds is 3. The van der Waals surface area contributed by atoms with Crippen LogP contribution in [0.1, 0.15) is 12.6 Å². The normalized spacial score (nSPS) is 10.4. The Kier molecular flexibility index (Phi) is 3.46. The third-order valence-electron chi connectivity index (χ3n) is 2.13. The number of halogens is 1. The quantitative estimate of drug-likeness (QED) is 0.819. The number of ether oxygens (including phenoxy) is 1. The van der Waals surface area contributed by atoms with Gasteiger partial charge in [0.2, 0.25) is 0 Å². The zero-order chi connectivity index (χ0) is 11.5. The number of benzene rings is 1. The third kappa shape index (κ3) is 2.36. The Balaban J connectivity index is 2.40. The van der Waals surface area contributed by atoms with Gasteiger partial charge in [0.1, 0.15) is 0 Å². The summed E-state index contributed by atoms with van der Waals surface area (Å²) in [6.07, 6.45) is 0. The SMILES string of the molecule is CCOc1nc(C)c(-c2cccc(Cl)c2)s1. The summed E-state index contributed by atoms with van der Waals surface area (Å²) in [5, 5.41) is 1.46. The molecule has 0 bridgehead atoms. The minimum atomic E-state index is 0.641. The zero-order valence-electron chi connectivity index (χ0n) is 9.16. The van der Waals surface area contributed by atoms with Crippen molar-refractivity contribution in [3.05, 3.63) is 35.0 Å². The van der Waals surface area contributed by atoms with Gasteiger partial charge in [-0.2, -0.15) is 0 Å². The van der Waals surface area contributed by atoms with Crippen LogP contribution in [0.4, 0.5) is 0 Å². The summed E-state index contributed by atoms with van der Waals surface area (Å²) in [5.74, 6) is 0. The number of aromatic nitrogens is 1. The van der Waals surface area contributed by atoms with Crippen molar-refractivity contribution in [2.24, 2.45) is 0 Å². The van der Waals surface area contributed by atoms with Crippen LogP contribution in [0.25, 0.3) is 10.4 Å². The molecule has 2 nitrogen and oxygen atoms in total. The Bertz CT molecular complexity index is 496. The predicted octanol–water partition coefficient (Wildman–Crippen LogP) is 4.17. The average molecular weight is 254 g/mol. The van der Waals surface area contributed by atoms with Gasteiger partial charge in [-0.25, -0.2) is 4.98 Å². The van der Waals surface area contributed by atoms with E-state index in [0.29, 0.717) is 6.61 Å². The average Bonchev–Trinajstić information content (AvgIpc) is 2.60. The van der Waals surface area contributed by atoms with Crippen molar-refractivity contribution in [1.29, 1.82) is 0 Å². The molecule has 0 N–H and O–H groups in total. The maximum atomic E-state index is 5.97. The van der Waals surface area contributed by atoms with E-state index < -0.39 is 0 Å². The Hall–Kier alpha value is -1.06. The van der Waals surface area contributed by atoms with Crippen LogP contribution in [-0.2, 0) is 0 Å². The fourth-order valence-corrected chi connectivity index (χ4v) is 2.62. The second-order valence-electron chi connectivity index (χ2n) is 3.34. The molecule has 0 radical (unpaired) electrons. The number of aryl methyl sites for hydroxylation is 1. The van der Waals surface area contributed by atoms with Crippen molar-refractivity contribution in [3.8, 4) is 15.6 Å². The van der Waals surface area contributed by atoms with E-state index >= 15 is 0 Å². The molecule has 1 heterocycles. The van der Waals surface area contributed by atoms with E-state index in [1.165, 1.54) is 0 Å². The first-order chi connectivity index (χ1) is 7.70. The predicted molar refractivity (Wildman–Crippen MR) is 68.5 cm³/mol. The smallest absolute Gasteiger partial charge is 0.273 e. The van der Waals surface area contributed by atoms with Crippen LogP contribution in [0.3, 0.4) is 0 Å². The van der Waals surface area contributed by atoms with E-state index in [2.05, 4.69) is 4.98 Å². The minimum Gasteiger partial charge on any atom is -0.470 e. The van der Waals surface area contributed by atoms with Crippen LogP contribution < -0.4 is 4.74 Å². The van der Waals surface area contributed by atoms with Crippen LogP contribution in [0.2, 0.25) is 5.02 Å². The van der Waals surface area contributed by atoms with Crippen molar-refractivity contribution in [2.45, 2.75) is 13.8 Å². The Morgan fingerprint density at radius 3 is 2.94 bits per heavy atom. The molecule has 0 spiro atoms. The van der Waals surface area contributed by atoms with Crippen molar-refractivity contribution < 1.29 is 4.74 Å². The zero-order valence-corrected chi connectivity index (χ0v) is 10.7. The van der Waals surface area contributed by atoms with Gasteiger partial charge < -0.3 is 4.74 Å². The minimum absolute atomic E-state index is 0.641. The molecule has 1 aromatic carbocycles. The molecular formula is C12H12ClNOS. The van der Waals surface area contributed by atoms with E-state index in [-0.39, 0.29) is 0 Å². The molecule has 0 aliphatic heterocycles. The molecule has 0 saturated carbocycles. The monoisotopic (exact) mass is 253 g/mol. The van der Waals surface area contributed by atoms with Crippen LogP contribution in [0.15, 0.2) is 24.3 Å². The molecule has 4 heteroatoms. The van der Waals surface area contributed by atoms with Gasteiger partial charge in [0.15, 0.2) is 0 Å². The van der Waals surface area contributed by atoms with E-state index in [9.17, 15) is 0 Å². The second kappa shape index (κ2) is 4.85. The van der Waals surface area contributed by atoms with Crippen molar-refractivity contribution in [3.63, 3.8) is 0 Å². The Morgan fingerprint density at radius 2 is 2.25 bits per heavy atom. The highest BCUT2D eigenvalue weighted by molar-refractivity contribution is 7.17. The fraction of sp³-hybridized carbons (Fsp3) is 0.250. The summed E-state index contributed by atoms with van der Waals surface area (Å²) < 4.78 is 5.39. The van der Waals surface area contributed by atoms with Gasteiger partial charge in [-0.05, 0) is 31.5 Å². The lowest BCUT2D eigenvalue weighted by Gasteiger charge is -1.98. The summed E-state index contributed by atoms with van der Waals surface area (Å²) >= 11 is 7.52. The summed E-state index contributed by atoms with van der Waals surface area (Å²) in [7, 11) is 0.